The second-order valence-electron chi connectivity index (χ2n) is 18.4. The van der Waals surface area contributed by atoms with Crippen LogP contribution >= 0.6 is 11.6 Å². The van der Waals surface area contributed by atoms with Crippen molar-refractivity contribution in [2.45, 2.75) is 205 Å². The van der Waals surface area contributed by atoms with Crippen LogP contribution in [0.15, 0.2) is 42.5 Å². The molecule has 7 nitrogen and oxygen atoms in total. The van der Waals surface area contributed by atoms with Gasteiger partial charge in [-0.3, -0.25) is 9.59 Å². The van der Waals surface area contributed by atoms with Gasteiger partial charge in [0.1, 0.15) is 11.6 Å². The Hall–Kier alpha value is -1.99. The van der Waals surface area contributed by atoms with Gasteiger partial charge in [-0.25, -0.2) is 8.78 Å². The van der Waals surface area contributed by atoms with Crippen molar-refractivity contribution in [3.63, 3.8) is 0 Å². The molecule has 0 spiro atoms. The molecule has 0 saturated heterocycles. The molecule has 1 aliphatic carbocycles. The summed E-state index contributed by atoms with van der Waals surface area (Å²) in [5.41, 5.74) is 0.761. The smallest absolute Gasteiger partial charge is 0.653 e. The fourth-order valence-electron chi connectivity index (χ4n) is 9.04. The van der Waals surface area contributed by atoms with Gasteiger partial charge in [-0.05, 0) is 132 Å². The summed E-state index contributed by atoms with van der Waals surface area (Å²) in [7, 11) is 0. The fraction of sp³-hybridized carbons (Fsp3) is 0.709. The summed E-state index contributed by atoms with van der Waals surface area (Å²) in [6.45, 7) is 15.0. The molecule has 0 unspecified atom stereocenters. The second kappa shape index (κ2) is 40.9. The van der Waals surface area contributed by atoms with E-state index in [1.165, 1.54) is 82.5 Å². The van der Waals surface area contributed by atoms with Gasteiger partial charge < -0.3 is 31.4 Å². The summed E-state index contributed by atoms with van der Waals surface area (Å²) in [6, 6.07) is 11.3. The molecule has 2 aromatic carbocycles. The number of benzene rings is 2. The molecule has 3 rings (SSSR count). The number of hydrogen-bond acceptors (Lipinski definition) is 6. The van der Waals surface area contributed by atoms with Crippen LogP contribution in [0, 0.1) is 55.6 Å². The summed E-state index contributed by atoms with van der Waals surface area (Å²) in [5.74, 6) is -0.375. The van der Waals surface area contributed by atoms with E-state index in [4.69, 9.17) is 16.3 Å². The van der Waals surface area contributed by atoms with Crippen molar-refractivity contribution in [1.29, 1.82) is 0 Å². The van der Waals surface area contributed by atoms with Crippen LogP contribution in [0.4, 0.5) is 8.78 Å². The Morgan fingerprint density at radius 2 is 1.30 bits per heavy atom. The van der Waals surface area contributed by atoms with E-state index >= 15 is 4.39 Å². The minimum atomic E-state index is -0.607. The molecule has 66 heavy (non-hydrogen) atoms. The van der Waals surface area contributed by atoms with Crippen LogP contribution in [0.25, 0.3) is 0 Å². The quantitative estimate of drug-likeness (QED) is 0.0412. The third-order valence-corrected chi connectivity index (χ3v) is 13.3. The molecule has 372 valence electrons. The number of nitrogens with one attached hydrogen (secondary N) is 1. The predicted molar refractivity (Wildman–Crippen MR) is 265 cm³/mol. The maximum atomic E-state index is 15.1. The zero-order chi connectivity index (χ0) is 47.2. The maximum Gasteiger partial charge on any atom is 2.00 e. The van der Waals surface area contributed by atoms with E-state index in [0.29, 0.717) is 61.9 Å². The molecule has 1 amide bonds. The number of hydrogen-bond donors (Lipinski definition) is 1. The molecule has 11 heteroatoms. The zero-order valence-electron chi connectivity index (χ0n) is 41.2. The molecule has 0 radical (unpaired) electrons. The van der Waals surface area contributed by atoms with E-state index in [2.05, 4.69) is 35.7 Å². The Morgan fingerprint density at radius 3 is 1.92 bits per heavy atom. The topological polar surface area (TPSA) is 84.9 Å². The normalized spacial score (nSPS) is 15.7. The summed E-state index contributed by atoms with van der Waals surface area (Å²) < 4.78 is 39.2. The molecule has 0 aliphatic heterocycles. The third-order valence-electron chi connectivity index (χ3n) is 13.1. The molecule has 0 atom stereocenters. The SMILES string of the molecule is CCCCCCCCO[C-]=O.[CH2-]CCCN(CCCCCCNC(=O)CCC1CCC(c2ccc(Cl)cc2)(c2cc(F)ccc2F)CC1)CCCCCCC(=O)OCCCCCCCC.[U+2]. The van der Waals surface area contributed by atoms with Gasteiger partial charge in [-0.15, -0.1) is 0 Å². The van der Waals surface area contributed by atoms with Crippen LogP contribution in [-0.2, 0) is 29.3 Å². The number of carbonyl (C=O) groups excluding carboxylic acids is 3. The molecule has 0 aromatic heterocycles. The Balaban J connectivity index is 0.00000160. The van der Waals surface area contributed by atoms with Crippen molar-refractivity contribution in [3.05, 3.63) is 77.2 Å². The number of amides is 1. The minimum absolute atomic E-state index is 0. The fourth-order valence-corrected chi connectivity index (χ4v) is 9.16. The number of rotatable bonds is 37. The van der Waals surface area contributed by atoms with Gasteiger partial charge in [0.2, 0.25) is 5.91 Å². The van der Waals surface area contributed by atoms with Gasteiger partial charge >= 0.3 is 37.1 Å². The predicted octanol–water partition coefficient (Wildman–Crippen LogP) is 14.8. The molecular weight excluding hydrogens is 1080 g/mol. The standard InChI is InChI=1S/C46H70ClF2N2O3.C9H17O2.U/c1-3-5-7-8-13-18-36-54-45(53)19-14-9-11-16-34-51(33-6-4-2)35-17-12-10-15-32-50-44(52)27-20-38-28-30-46(31-29-38,39-21-23-40(47)24-22-39)42-37-41(48)25-26-43(42)49;1-2-3-4-5-6-7-8-11-9-10;/h21-26,37-38H,2-20,27-36H2,1H3,(H,50,52);2-8H2,1H3;/q2*-1;+2. The zero-order valence-corrected chi connectivity index (χ0v) is 46.1. The Morgan fingerprint density at radius 1 is 0.742 bits per heavy atom. The first kappa shape index (κ1) is 62.0. The summed E-state index contributed by atoms with van der Waals surface area (Å²) >= 11 is 6.16. The average molecular weight is 1170 g/mol. The van der Waals surface area contributed by atoms with Crippen LogP contribution < -0.4 is 5.32 Å². The number of carbonyl (C=O) groups is 2. The molecular formula is C55H87ClF2N2O5U. The Kier molecular flexibility index (Phi) is 38.4. The number of halogens is 3. The van der Waals surface area contributed by atoms with Crippen LogP contribution in [0.2, 0.25) is 5.02 Å². The van der Waals surface area contributed by atoms with Crippen LogP contribution in [-0.4, -0.2) is 62.6 Å². The van der Waals surface area contributed by atoms with E-state index < -0.39 is 11.2 Å². The van der Waals surface area contributed by atoms with Gasteiger partial charge in [-0.2, -0.15) is 6.42 Å². The molecule has 1 fully saturated rings. The summed E-state index contributed by atoms with van der Waals surface area (Å²) in [5, 5.41) is 3.74. The van der Waals surface area contributed by atoms with E-state index in [9.17, 15) is 18.8 Å². The number of nitrogens with zero attached hydrogens (tertiary/aromatic N) is 1. The summed E-state index contributed by atoms with van der Waals surface area (Å²) in [4.78, 5) is 36.9. The molecule has 1 N–H and O–H groups in total. The third kappa shape index (κ3) is 28.5. The first-order valence-electron chi connectivity index (χ1n) is 25.8. The van der Waals surface area contributed by atoms with Crippen LogP contribution in [0.3, 0.4) is 0 Å². The molecule has 2 aromatic rings. The van der Waals surface area contributed by atoms with Gasteiger partial charge in [0.05, 0.1) is 6.61 Å². The minimum Gasteiger partial charge on any atom is -0.653 e. The van der Waals surface area contributed by atoms with Crippen molar-refractivity contribution in [3.8, 4) is 0 Å². The van der Waals surface area contributed by atoms with Crippen LogP contribution in [0.5, 0.6) is 0 Å². The maximum absolute atomic E-state index is 15.1. The van der Waals surface area contributed by atoms with Crippen molar-refractivity contribution in [2.75, 3.05) is 39.4 Å². The van der Waals surface area contributed by atoms with Gasteiger partial charge in [0.25, 0.3) is 0 Å². The van der Waals surface area contributed by atoms with Crippen molar-refractivity contribution in [1.82, 2.24) is 10.2 Å². The molecule has 0 heterocycles. The average Bonchev–Trinajstić information content (AvgIpc) is 3.31. The first-order chi connectivity index (χ1) is 31.7. The second-order valence-corrected chi connectivity index (χ2v) is 18.8. The van der Waals surface area contributed by atoms with Gasteiger partial charge in [0, 0.05) is 42.0 Å². The van der Waals surface area contributed by atoms with Crippen LogP contribution in [0.1, 0.15) is 211 Å². The monoisotopic (exact) mass is 1170 g/mol. The van der Waals surface area contributed by atoms with E-state index in [1.807, 2.05) is 24.3 Å². The van der Waals surface area contributed by atoms with E-state index in [0.717, 1.165) is 128 Å². The first-order valence-corrected chi connectivity index (χ1v) is 26.2. The summed E-state index contributed by atoms with van der Waals surface area (Å²) in [6.07, 6.45) is 30.2. The van der Waals surface area contributed by atoms with E-state index in [1.54, 1.807) is 0 Å². The van der Waals surface area contributed by atoms with Gasteiger partial charge in [0.15, 0.2) is 0 Å². The van der Waals surface area contributed by atoms with E-state index in [-0.39, 0.29) is 48.8 Å². The number of unbranched alkanes of at least 4 members (excludes halogenated alkanes) is 17. The Bertz CT molecular complexity index is 1510. The molecule has 0 bridgehead atoms. The number of esters is 1. The van der Waals surface area contributed by atoms with Crippen molar-refractivity contribution < 1.29 is 63.8 Å². The van der Waals surface area contributed by atoms with Crippen molar-refractivity contribution in [2.24, 2.45) is 5.92 Å². The van der Waals surface area contributed by atoms with Gasteiger partial charge in [-0.1, -0.05) is 140 Å². The molecule has 1 aliphatic rings. The van der Waals surface area contributed by atoms with Crippen molar-refractivity contribution >= 4 is 29.9 Å². The largest absolute Gasteiger partial charge is 2.00 e. The molecule has 1 saturated carbocycles. The number of ether oxygens (including phenoxy) is 2. The Labute approximate surface area is 429 Å².